The molecule has 2 aromatic rings. The number of amides is 2. The van der Waals surface area contributed by atoms with Gasteiger partial charge in [-0.15, -0.1) is 0 Å². The normalized spacial score (nSPS) is 14.7. The molecule has 7 nitrogen and oxygen atoms in total. The summed E-state index contributed by atoms with van der Waals surface area (Å²) in [6, 6.07) is 14.1. The van der Waals surface area contributed by atoms with Crippen LogP contribution in [0.4, 0.5) is 16.2 Å². The number of hydrogen-bond acceptors (Lipinski definition) is 3. The Morgan fingerprint density at radius 2 is 1.10 bits per heavy atom. The molecule has 0 saturated carbocycles. The highest BCUT2D eigenvalue weighted by atomic mass is 16.4. The zero-order valence-electron chi connectivity index (χ0n) is 15.6. The van der Waals surface area contributed by atoms with E-state index in [0.717, 1.165) is 41.1 Å². The highest BCUT2D eigenvalue weighted by molar-refractivity contribution is 6.04. The molecule has 2 N–H and O–H groups in total. The van der Waals surface area contributed by atoms with Gasteiger partial charge in [-0.3, -0.25) is 9.80 Å². The quantitative estimate of drug-likeness (QED) is 0.730. The monoisotopic (exact) mass is 392 g/mol. The van der Waals surface area contributed by atoms with Crippen LogP contribution in [0.25, 0.3) is 12.2 Å². The van der Waals surface area contributed by atoms with E-state index in [4.69, 9.17) is 10.2 Å². The third-order valence-electron chi connectivity index (χ3n) is 4.47. The van der Waals surface area contributed by atoms with Crippen molar-refractivity contribution in [3.63, 3.8) is 0 Å². The lowest BCUT2D eigenvalue weighted by Gasteiger charge is -2.35. The van der Waals surface area contributed by atoms with Crippen LogP contribution in [0, 0.1) is 0 Å². The van der Waals surface area contributed by atoms with E-state index in [-0.39, 0.29) is 6.03 Å². The minimum atomic E-state index is -1.01. The van der Waals surface area contributed by atoms with Gasteiger partial charge in [-0.2, -0.15) is 0 Å². The lowest BCUT2D eigenvalue weighted by atomic mass is 10.1. The van der Waals surface area contributed by atoms with Gasteiger partial charge in [-0.05, 0) is 54.0 Å². The Hall–Kier alpha value is -3.87. The maximum absolute atomic E-state index is 13.0. The van der Waals surface area contributed by atoms with E-state index in [1.54, 1.807) is 58.3 Å². The number of nitrogens with zero attached hydrogens (tertiary/aromatic N) is 2. The predicted molar refractivity (Wildman–Crippen MR) is 111 cm³/mol. The largest absolute Gasteiger partial charge is 0.478 e. The Balaban J connectivity index is 1.74. The molecule has 1 saturated heterocycles. The molecule has 0 unspecified atom stereocenters. The standard InChI is InChI=1S/C22H20N2O5/c25-20(26)12-6-16-2-8-18(9-3-16)23-14-1-15-24(22(23)29)19-10-4-17(5-11-19)7-13-21(27)28/h2-13H,1,14-15H2,(H,25,26)(H,27,28)/b12-6+,13-7+. The summed E-state index contributed by atoms with van der Waals surface area (Å²) >= 11 is 0. The Labute approximate surface area is 167 Å². The zero-order chi connectivity index (χ0) is 20.8. The number of hydrogen-bond donors (Lipinski definition) is 2. The Kier molecular flexibility index (Phi) is 6.09. The zero-order valence-corrected chi connectivity index (χ0v) is 15.6. The van der Waals surface area contributed by atoms with Gasteiger partial charge in [0, 0.05) is 36.6 Å². The fraction of sp³-hybridized carbons (Fsp3) is 0.136. The van der Waals surface area contributed by atoms with E-state index in [9.17, 15) is 14.4 Å². The molecule has 1 aliphatic heterocycles. The van der Waals surface area contributed by atoms with E-state index in [1.807, 2.05) is 0 Å². The van der Waals surface area contributed by atoms with Crippen molar-refractivity contribution in [3.8, 4) is 0 Å². The molecule has 148 valence electrons. The number of benzene rings is 2. The first kappa shape index (κ1) is 19.9. The molecule has 0 radical (unpaired) electrons. The van der Waals surface area contributed by atoms with Crippen LogP contribution in [0.3, 0.4) is 0 Å². The van der Waals surface area contributed by atoms with Crippen molar-refractivity contribution in [1.82, 2.24) is 0 Å². The molecule has 1 aliphatic rings. The second-order valence-corrected chi connectivity index (χ2v) is 6.47. The van der Waals surface area contributed by atoms with Crippen LogP contribution in [0.1, 0.15) is 17.5 Å². The summed E-state index contributed by atoms with van der Waals surface area (Å²) in [5, 5.41) is 17.4. The number of anilines is 2. The number of rotatable bonds is 6. The van der Waals surface area contributed by atoms with Crippen LogP contribution in [0.5, 0.6) is 0 Å². The minimum absolute atomic E-state index is 0.140. The van der Waals surface area contributed by atoms with E-state index < -0.39 is 11.9 Å². The third kappa shape index (κ3) is 5.10. The second-order valence-electron chi connectivity index (χ2n) is 6.47. The molecular formula is C22H20N2O5. The number of carboxylic acids is 2. The first-order valence-electron chi connectivity index (χ1n) is 9.05. The van der Waals surface area contributed by atoms with Crippen molar-refractivity contribution in [3.05, 3.63) is 71.8 Å². The van der Waals surface area contributed by atoms with Crippen LogP contribution < -0.4 is 9.80 Å². The van der Waals surface area contributed by atoms with Gasteiger partial charge in [0.25, 0.3) is 0 Å². The molecule has 0 aromatic heterocycles. The molecule has 29 heavy (non-hydrogen) atoms. The summed E-state index contributed by atoms with van der Waals surface area (Å²) in [7, 11) is 0. The molecule has 3 rings (SSSR count). The molecule has 1 heterocycles. The average Bonchev–Trinajstić information content (AvgIpc) is 2.72. The van der Waals surface area contributed by atoms with Gasteiger partial charge >= 0.3 is 18.0 Å². The van der Waals surface area contributed by atoms with Crippen LogP contribution in [-0.2, 0) is 9.59 Å². The topological polar surface area (TPSA) is 98.2 Å². The van der Waals surface area contributed by atoms with Gasteiger partial charge in [0.2, 0.25) is 0 Å². The third-order valence-corrected chi connectivity index (χ3v) is 4.47. The summed E-state index contributed by atoms with van der Waals surface area (Å²) < 4.78 is 0. The van der Waals surface area contributed by atoms with Crippen LogP contribution in [0.15, 0.2) is 60.7 Å². The van der Waals surface area contributed by atoms with E-state index >= 15 is 0 Å². The number of urea groups is 1. The van der Waals surface area contributed by atoms with Crippen LogP contribution >= 0.6 is 0 Å². The lowest BCUT2D eigenvalue weighted by Crippen LogP contribution is -2.49. The lowest BCUT2D eigenvalue weighted by molar-refractivity contribution is -0.132. The summed E-state index contributed by atoms with van der Waals surface area (Å²) in [6.07, 6.45) is 5.93. The van der Waals surface area contributed by atoms with Gasteiger partial charge in [0.15, 0.2) is 0 Å². The highest BCUT2D eigenvalue weighted by Gasteiger charge is 2.27. The number of carbonyl (C=O) groups excluding carboxylic acids is 1. The highest BCUT2D eigenvalue weighted by Crippen LogP contribution is 2.25. The summed E-state index contributed by atoms with van der Waals surface area (Å²) in [4.78, 5) is 37.6. The molecule has 0 aliphatic carbocycles. The number of aliphatic carboxylic acids is 2. The maximum atomic E-state index is 13.0. The van der Waals surface area contributed by atoms with E-state index in [1.165, 1.54) is 12.2 Å². The van der Waals surface area contributed by atoms with E-state index in [0.29, 0.717) is 13.1 Å². The molecule has 2 amide bonds. The first-order valence-corrected chi connectivity index (χ1v) is 9.05. The second kappa shape index (κ2) is 8.88. The van der Waals surface area contributed by atoms with Gasteiger partial charge in [-0.1, -0.05) is 24.3 Å². The number of carbonyl (C=O) groups is 3. The van der Waals surface area contributed by atoms with Crippen LogP contribution in [0.2, 0.25) is 0 Å². The number of carboxylic acid groups (broad SMARTS) is 2. The minimum Gasteiger partial charge on any atom is -0.478 e. The summed E-state index contributed by atoms with van der Waals surface area (Å²) in [5.41, 5.74) is 2.96. The smallest absolute Gasteiger partial charge is 0.328 e. The Bertz CT molecular complexity index is 884. The van der Waals surface area contributed by atoms with Gasteiger partial charge in [0.05, 0.1) is 0 Å². The Morgan fingerprint density at radius 1 is 0.724 bits per heavy atom. The van der Waals surface area contributed by atoms with Crippen molar-refractivity contribution >= 4 is 41.5 Å². The van der Waals surface area contributed by atoms with Gasteiger partial charge in [-0.25, -0.2) is 14.4 Å². The molecule has 7 heteroatoms. The fourth-order valence-electron chi connectivity index (χ4n) is 3.07. The van der Waals surface area contributed by atoms with Crippen LogP contribution in [-0.4, -0.2) is 41.3 Å². The van der Waals surface area contributed by atoms with E-state index in [2.05, 4.69) is 0 Å². The maximum Gasteiger partial charge on any atom is 0.328 e. The molecule has 2 aromatic carbocycles. The molecule has 0 spiro atoms. The summed E-state index contributed by atoms with van der Waals surface area (Å²) in [5.74, 6) is -2.03. The molecule has 0 bridgehead atoms. The van der Waals surface area contributed by atoms with Crippen molar-refractivity contribution < 1.29 is 24.6 Å². The Morgan fingerprint density at radius 3 is 1.45 bits per heavy atom. The SMILES string of the molecule is O=C(O)/C=C/c1ccc(N2CCCN(c3ccc(/C=C/C(=O)O)cc3)C2=O)cc1. The van der Waals surface area contributed by atoms with Crippen molar-refractivity contribution in [2.75, 3.05) is 22.9 Å². The molecule has 0 atom stereocenters. The van der Waals surface area contributed by atoms with Crippen molar-refractivity contribution in [2.24, 2.45) is 0 Å². The molecular weight excluding hydrogens is 372 g/mol. The summed E-state index contributed by atoms with van der Waals surface area (Å²) in [6.45, 7) is 1.19. The molecule has 1 fully saturated rings. The van der Waals surface area contributed by atoms with Crippen molar-refractivity contribution in [1.29, 1.82) is 0 Å². The average molecular weight is 392 g/mol. The van der Waals surface area contributed by atoms with Crippen molar-refractivity contribution in [2.45, 2.75) is 6.42 Å². The van der Waals surface area contributed by atoms with Gasteiger partial charge in [0.1, 0.15) is 0 Å². The predicted octanol–water partition coefficient (Wildman–Crippen LogP) is 3.72. The fourth-order valence-corrected chi connectivity index (χ4v) is 3.07. The first-order chi connectivity index (χ1) is 13.9. The van der Waals surface area contributed by atoms with Gasteiger partial charge < -0.3 is 10.2 Å².